The maximum Gasteiger partial charge on any atom is 0.202 e. The van der Waals surface area contributed by atoms with Crippen molar-refractivity contribution in [1.29, 1.82) is 0 Å². The quantitative estimate of drug-likeness (QED) is 0.852. The molecule has 0 saturated carbocycles. The second-order valence-corrected chi connectivity index (χ2v) is 4.99. The second-order valence-electron chi connectivity index (χ2n) is 4.24. The van der Waals surface area contributed by atoms with Crippen molar-refractivity contribution in [2.75, 3.05) is 32.2 Å². The molecule has 1 aromatic carbocycles. The molecule has 7 heteroatoms. The van der Waals surface area contributed by atoms with E-state index in [2.05, 4.69) is 14.7 Å². The first kappa shape index (κ1) is 13.1. The molecule has 1 atom stereocenters. The number of aromatic nitrogens is 2. The molecule has 0 saturated heterocycles. The van der Waals surface area contributed by atoms with Crippen molar-refractivity contribution < 1.29 is 14.2 Å². The van der Waals surface area contributed by atoms with Gasteiger partial charge in [-0.05, 0) is 12.1 Å². The van der Waals surface area contributed by atoms with Gasteiger partial charge in [-0.2, -0.15) is 9.36 Å². The van der Waals surface area contributed by atoms with Gasteiger partial charge in [-0.25, -0.2) is 0 Å². The minimum absolute atomic E-state index is 0.265. The van der Waals surface area contributed by atoms with Gasteiger partial charge in [0.15, 0.2) is 23.4 Å². The standard InChI is InChI=1S/C13H15N3O3S/c1-17-7-6-14-13-15-12(16-20-13)11-8-18-9-4-2-3-5-10(9)19-11/h2-5,11H,6-8H2,1H3,(H,14,15,16). The molecule has 0 spiro atoms. The summed E-state index contributed by atoms with van der Waals surface area (Å²) in [4.78, 5) is 4.41. The topological polar surface area (TPSA) is 65.5 Å². The van der Waals surface area contributed by atoms with E-state index in [1.54, 1.807) is 7.11 Å². The number of nitrogens with zero attached hydrogens (tertiary/aromatic N) is 2. The molecule has 6 nitrogen and oxygen atoms in total. The van der Waals surface area contributed by atoms with Gasteiger partial charge in [0.1, 0.15) is 6.61 Å². The fourth-order valence-electron chi connectivity index (χ4n) is 1.84. The number of benzene rings is 1. The Bertz CT molecular complexity index is 575. The van der Waals surface area contributed by atoms with Crippen molar-refractivity contribution in [3.63, 3.8) is 0 Å². The summed E-state index contributed by atoms with van der Waals surface area (Å²) in [5, 5.41) is 3.91. The first-order valence-electron chi connectivity index (χ1n) is 6.31. The Morgan fingerprint density at radius 3 is 3.10 bits per heavy atom. The van der Waals surface area contributed by atoms with Gasteiger partial charge < -0.3 is 19.5 Å². The first-order valence-corrected chi connectivity index (χ1v) is 7.09. The van der Waals surface area contributed by atoms with Gasteiger partial charge in [0.2, 0.25) is 5.13 Å². The molecule has 1 aromatic heterocycles. The number of hydrogen-bond acceptors (Lipinski definition) is 7. The third-order valence-corrected chi connectivity index (χ3v) is 3.51. The molecular weight excluding hydrogens is 278 g/mol. The Hall–Kier alpha value is -1.86. The normalized spacial score (nSPS) is 16.9. The van der Waals surface area contributed by atoms with Crippen molar-refractivity contribution in [1.82, 2.24) is 9.36 Å². The maximum absolute atomic E-state index is 5.86. The fraction of sp³-hybridized carbons (Fsp3) is 0.385. The van der Waals surface area contributed by atoms with Crippen molar-refractivity contribution >= 4 is 16.7 Å². The molecule has 1 N–H and O–H groups in total. The zero-order chi connectivity index (χ0) is 13.8. The number of methoxy groups -OCH3 is 1. The largest absolute Gasteiger partial charge is 0.485 e. The van der Waals surface area contributed by atoms with E-state index < -0.39 is 0 Å². The Labute approximate surface area is 120 Å². The van der Waals surface area contributed by atoms with Crippen molar-refractivity contribution in [2.24, 2.45) is 0 Å². The van der Waals surface area contributed by atoms with Crippen LogP contribution in [-0.2, 0) is 4.74 Å². The Morgan fingerprint density at radius 2 is 2.25 bits per heavy atom. The number of para-hydroxylation sites is 2. The second kappa shape index (κ2) is 6.06. The number of rotatable bonds is 5. The molecule has 1 aliphatic rings. The number of anilines is 1. The molecule has 1 aliphatic heterocycles. The van der Waals surface area contributed by atoms with Gasteiger partial charge in [0.25, 0.3) is 0 Å². The van der Waals surface area contributed by atoms with Crippen molar-refractivity contribution in [3.05, 3.63) is 30.1 Å². The van der Waals surface area contributed by atoms with Crippen LogP contribution in [0.5, 0.6) is 11.5 Å². The van der Waals surface area contributed by atoms with Crippen LogP contribution in [0.25, 0.3) is 0 Å². The lowest BCUT2D eigenvalue weighted by Crippen LogP contribution is -2.22. The number of fused-ring (bicyclic) bond motifs is 1. The third-order valence-electron chi connectivity index (χ3n) is 2.82. The molecule has 0 fully saturated rings. The average molecular weight is 293 g/mol. The predicted octanol–water partition coefficient (Wildman–Crippen LogP) is 2.11. The predicted molar refractivity (Wildman–Crippen MR) is 75.6 cm³/mol. The van der Waals surface area contributed by atoms with Crippen molar-refractivity contribution in [2.45, 2.75) is 6.10 Å². The average Bonchev–Trinajstić information content (AvgIpc) is 2.96. The van der Waals surface area contributed by atoms with Gasteiger partial charge in [0, 0.05) is 25.2 Å². The number of ether oxygens (including phenoxy) is 3. The van der Waals surface area contributed by atoms with Crippen LogP contribution in [0.3, 0.4) is 0 Å². The van der Waals surface area contributed by atoms with E-state index in [4.69, 9.17) is 14.2 Å². The summed E-state index contributed by atoms with van der Waals surface area (Å²) in [5.41, 5.74) is 0. The molecule has 3 rings (SSSR count). The van der Waals surface area contributed by atoms with Crippen LogP contribution in [0, 0.1) is 0 Å². The molecule has 0 radical (unpaired) electrons. The van der Waals surface area contributed by atoms with Gasteiger partial charge in [-0.3, -0.25) is 0 Å². The van der Waals surface area contributed by atoms with Gasteiger partial charge in [0.05, 0.1) is 6.61 Å². The van der Waals surface area contributed by atoms with E-state index in [1.165, 1.54) is 11.5 Å². The molecule has 2 aromatic rings. The van der Waals surface area contributed by atoms with Gasteiger partial charge in [-0.1, -0.05) is 12.1 Å². The third kappa shape index (κ3) is 2.83. The highest BCUT2D eigenvalue weighted by Crippen LogP contribution is 2.35. The van der Waals surface area contributed by atoms with E-state index in [-0.39, 0.29) is 6.10 Å². The van der Waals surface area contributed by atoms with Gasteiger partial charge >= 0.3 is 0 Å². The molecule has 0 bridgehead atoms. The fourth-order valence-corrected chi connectivity index (χ4v) is 2.48. The zero-order valence-electron chi connectivity index (χ0n) is 11.0. The van der Waals surface area contributed by atoms with Crippen LogP contribution in [-0.4, -0.2) is 36.2 Å². The van der Waals surface area contributed by atoms with E-state index in [9.17, 15) is 0 Å². The van der Waals surface area contributed by atoms with E-state index >= 15 is 0 Å². The lowest BCUT2D eigenvalue weighted by molar-refractivity contribution is 0.0860. The molecule has 0 amide bonds. The van der Waals surface area contributed by atoms with Crippen LogP contribution in [0.1, 0.15) is 11.9 Å². The molecule has 106 valence electrons. The molecular formula is C13H15N3O3S. The minimum Gasteiger partial charge on any atom is -0.485 e. The Kier molecular flexibility index (Phi) is 3.98. The van der Waals surface area contributed by atoms with E-state index in [0.717, 1.165) is 16.6 Å². The van der Waals surface area contributed by atoms with Gasteiger partial charge in [-0.15, -0.1) is 0 Å². The van der Waals surface area contributed by atoms with Crippen LogP contribution in [0.4, 0.5) is 5.13 Å². The van der Waals surface area contributed by atoms with E-state index in [1.807, 2.05) is 24.3 Å². The summed E-state index contributed by atoms with van der Waals surface area (Å²) in [6.45, 7) is 1.76. The van der Waals surface area contributed by atoms with Crippen LogP contribution >= 0.6 is 11.5 Å². The zero-order valence-corrected chi connectivity index (χ0v) is 11.9. The van der Waals surface area contributed by atoms with Crippen LogP contribution in [0.2, 0.25) is 0 Å². The summed E-state index contributed by atoms with van der Waals surface area (Å²) in [7, 11) is 1.66. The summed E-state index contributed by atoms with van der Waals surface area (Å²) in [5.74, 6) is 2.13. The number of hydrogen-bond donors (Lipinski definition) is 1. The minimum atomic E-state index is -0.265. The highest BCUT2D eigenvalue weighted by Gasteiger charge is 2.25. The van der Waals surface area contributed by atoms with E-state index in [0.29, 0.717) is 25.6 Å². The smallest absolute Gasteiger partial charge is 0.202 e. The summed E-state index contributed by atoms with van der Waals surface area (Å²) < 4.78 is 20.8. The Morgan fingerprint density at radius 1 is 1.40 bits per heavy atom. The molecule has 2 heterocycles. The lowest BCUT2D eigenvalue weighted by Gasteiger charge is -2.24. The lowest BCUT2D eigenvalue weighted by atomic mass is 10.2. The maximum atomic E-state index is 5.86. The summed E-state index contributed by atoms with van der Waals surface area (Å²) in [6, 6.07) is 7.60. The monoisotopic (exact) mass is 293 g/mol. The summed E-state index contributed by atoms with van der Waals surface area (Å²) in [6.07, 6.45) is -0.265. The SMILES string of the molecule is COCCNc1nc(C2COc3ccccc3O2)ns1. The van der Waals surface area contributed by atoms with Crippen LogP contribution < -0.4 is 14.8 Å². The van der Waals surface area contributed by atoms with Crippen molar-refractivity contribution in [3.8, 4) is 11.5 Å². The molecule has 1 unspecified atom stereocenters. The van der Waals surface area contributed by atoms with Crippen LogP contribution in [0.15, 0.2) is 24.3 Å². The first-order chi connectivity index (χ1) is 9.86. The molecule has 20 heavy (non-hydrogen) atoms. The number of nitrogens with one attached hydrogen (secondary N) is 1. The summed E-state index contributed by atoms with van der Waals surface area (Å²) >= 11 is 1.31. The Balaban J connectivity index is 1.66. The highest BCUT2D eigenvalue weighted by molar-refractivity contribution is 7.09. The molecule has 0 aliphatic carbocycles. The highest BCUT2D eigenvalue weighted by atomic mass is 32.1.